The van der Waals surface area contributed by atoms with Crippen LogP contribution >= 0.6 is 0 Å². The molecule has 6 aromatic rings. The maximum Gasteiger partial charge on any atom is 0.136 e. The predicted molar refractivity (Wildman–Crippen MR) is 150 cm³/mol. The molecule has 0 saturated carbocycles. The summed E-state index contributed by atoms with van der Waals surface area (Å²) in [6.45, 7) is 0. The number of rotatable bonds is 6. The Morgan fingerprint density at radius 2 is 0.947 bits per heavy atom. The molecule has 0 fully saturated rings. The second kappa shape index (κ2) is 11.8. The van der Waals surface area contributed by atoms with Gasteiger partial charge in [0.15, 0.2) is 0 Å². The summed E-state index contributed by atoms with van der Waals surface area (Å²) < 4.78 is 22.1. The van der Waals surface area contributed by atoms with E-state index in [1.807, 2.05) is 109 Å². The van der Waals surface area contributed by atoms with Gasteiger partial charge in [0.2, 0.25) is 0 Å². The van der Waals surface area contributed by atoms with Crippen LogP contribution < -0.4 is 18.9 Å². The van der Waals surface area contributed by atoms with Crippen molar-refractivity contribution < 1.29 is 18.9 Å². The van der Waals surface area contributed by atoms with Gasteiger partial charge in [-0.1, -0.05) is 18.2 Å². The fourth-order valence-corrected chi connectivity index (χ4v) is 3.89. The smallest absolute Gasteiger partial charge is 0.136 e. The van der Waals surface area contributed by atoms with Crippen molar-refractivity contribution in [2.24, 2.45) is 0 Å². The number of fused-ring (bicyclic) bond motifs is 2. The Kier molecular flexibility index (Phi) is 7.61. The molecule has 0 unspecified atom stereocenters. The van der Waals surface area contributed by atoms with Crippen LogP contribution in [0.25, 0.3) is 21.8 Å². The topological polar surface area (TPSA) is 62.7 Å². The number of aromatic nitrogens is 2. The zero-order valence-electron chi connectivity index (χ0n) is 21.1. The second-order valence-corrected chi connectivity index (χ2v) is 8.21. The highest BCUT2D eigenvalue weighted by molar-refractivity contribution is 5.85. The van der Waals surface area contributed by atoms with E-state index in [0.29, 0.717) is 0 Å². The molecule has 6 heteroatoms. The first-order valence-electron chi connectivity index (χ1n) is 12.0. The summed E-state index contributed by atoms with van der Waals surface area (Å²) in [6, 6.07) is 34.5. The molecule has 0 aliphatic heterocycles. The van der Waals surface area contributed by atoms with Crippen LogP contribution in [0.4, 0.5) is 0 Å². The van der Waals surface area contributed by atoms with Crippen LogP contribution in [0.3, 0.4) is 0 Å². The lowest BCUT2D eigenvalue weighted by molar-refractivity contribution is 0.409. The molecule has 6 nitrogen and oxygen atoms in total. The molecule has 0 N–H and O–H groups in total. The zero-order chi connectivity index (χ0) is 26.2. The Morgan fingerprint density at radius 1 is 0.447 bits per heavy atom. The molecule has 0 aliphatic rings. The van der Waals surface area contributed by atoms with E-state index in [9.17, 15) is 0 Å². The fourth-order valence-electron chi connectivity index (χ4n) is 3.89. The largest absolute Gasteiger partial charge is 0.497 e. The Morgan fingerprint density at radius 3 is 1.53 bits per heavy atom. The zero-order valence-corrected chi connectivity index (χ0v) is 21.1. The van der Waals surface area contributed by atoms with Crippen LogP contribution in [0.15, 0.2) is 122 Å². The molecular weight excluding hydrogens is 476 g/mol. The normalized spacial score (nSPS) is 10.4. The van der Waals surface area contributed by atoms with E-state index in [-0.39, 0.29) is 0 Å². The number of benzene rings is 4. The molecule has 0 radical (unpaired) electrons. The highest BCUT2D eigenvalue weighted by atomic mass is 16.5. The lowest BCUT2D eigenvalue weighted by atomic mass is 10.2. The molecule has 0 saturated heterocycles. The number of hydrogen-bond acceptors (Lipinski definition) is 6. The molecule has 0 bridgehead atoms. The van der Waals surface area contributed by atoms with E-state index in [0.717, 1.165) is 56.3 Å². The third-order valence-electron chi connectivity index (χ3n) is 5.77. The van der Waals surface area contributed by atoms with E-state index in [1.54, 1.807) is 26.6 Å². The summed E-state index contributed by atoms with van der Waals surface area (Å²) in [5.74, 6) is 4.70. The molecule has 6 rings (SSSR count). The Hall–Kier alpha value is -5.10. The van der Waals surface area contributed by atoms with Gasteiger partial charge in [-0.05, 0) is 84.9 Å². The summed E-state index contributed by atoms with van der Waals surface area (Å²) in [4.78, 5) is 8.62. The highest BCUT2D eigenvalue weighted by Gasteiger charge is 2.05. The van der Waals surface area contributed by atoms with Crippen LogP contribution in [-0.2, 0) is 0 Å². The van der Waals surface area contributed by atoms with E-state index >= 15 is 0 Å². The summed E-state index contributed by atoms with van der Waals surface area (Å²) >= 11 is 0. The van der Waals surface area contributed by atoms with Crippen molar-refractivity contribution in [1.82, 2.24) is 9.97 Å². The number of methoxy groups -OCH3 is 2. The van der Waals surface area contributed by atoms with Gasteiger partial charge in [-0.3, -0.25) is 9.97 Å². The van der Waals surface area contributed by atoms with Crippen molar-refractivity contribution in [2.45, 2.75) is 0 Å². The van der Waals surface area contributed by atoms with Crippen LogP contribution in [0.2, 0.25) is 0 Å². The van der Waals surface area contributed by atoms with Gasteiger partial charge >= 0.3 is 0 Å². The van der Waals surface area contributed by atoms with Crippen molar-refractivity contribution in [1.29, 1.82) is 0 Å². The summed E-state index contributed by atoms with van der Waals surface area (Å²) in [5, 5.41) is 1.99. The third-order valence-corrected chi connectivity index (χ3v) is 5.77. The minimum Gasteiger partial charge on any atom is -0.497 e. The number of nitrogens with zero attached hydrogens (tertiary/aromatic N) is 2. The van der Waals surface area contributed by atoms with E-state index in [2.05, 4.69) is 9.97 Å². The van der Waals surface area contributed by atoms with Crippen LogP contribution in [0.5, 0.6) is 34.5 Å². The van der Waals surface area contributed by atoms with Crippen molar-refractivity contribution >= 4 is 21.8 Å². The molecule has 2 aromatic heterocycles. The molecule has 0 amide bonds. The van der Waals surface area contributed by atoms with Crippen molar-refractivity contribution in [3.8, 4) is 34.5 Å². The van der Waals surface area contributed by atoms with Crippen molar-refractivity contribution in [2.75, 3.05) is 14.2 Å². The number of hydrogen-bond donors (Lipinski definition) is 0. The monoisotopic (exact) mass is 502 g/mol. The molecule has 0 spiro atoms. The quantitative estimate of drug-likeness (QED) is 0.229. The first-order chi connectivity index (χ1) is 18.7. The second-order valence-electron chi connectivity index (χ2n) is 8.21. The first kappa shape index (κ1) is 24.6. The average molecular weight is 503 g/mol. The molecule has 4 aromatic carbocycles. The van der Waals surface area contributed by atoms with Crippen molar-refractivity contribution in [3.05, 3.63) is 122 Å². The van der Waals surface area contributed by atoms with Crippen LogP contribution in [0.1, 0.15) is 0 Å². The van der Waals surface area contributed by atoms with E-state index in [1.165, 1.54) is 0 Å². The third kappa shape index (κ3) is 5.82. The maximum absolute atomic E-state index is 5.91. The lowest BCUT2D eigenvalue weighted by Crippen LogP contribution is -1.88. The summed E-state index contributed by atoms with van der Waals surface area (Å²) in [7, 11) is 3.28. The van der Waals surface area contributed by atoms with Crippen molar-refractivity contribution in [3.63, 3.8) is 0 Å². The Balaban J connectivity index is 0.000000155. The average Bonchev–Trinajstić information content (AvgIpc) is 2.98. The SMILES string of the molecule is COc1ccc(Oc2cccc3ncccc23)cc1.COc1cccc(Oc2cccc3ncccc23)c1. The minimum atomic E-state index is 0.746. The van der Waals surface area contributed by atoms with E-state index < -0.39 is 0 Å². The molecule has 0 aliphatic carbocycles. The standard InChI is InChI=1S/2C16H13NO2/c1-18-12-5-2-6-13(11-12)19-16-9-3-8-15-14(16)7-4-10-17-15;1-18-12-7-9-13(10-8-12)19-16-6-2-5-15-14(16)4-3-11-17-15/h2*2-11H,1H3. The first-order valence-corrected chi connectivity index (χ1v) is 12.0. The van der Waals surface area contributed by atoms with Gasteiger partial charge in [0.1, 0.15) is 34.5 Å². The van der Waals surface area contributed by atoms with E-state index in [4.69, 9.17) is 18.9 Å². The molecule has 0 atom stereocenters. The summed E-state index contributed by atoms with van der Waals surface area (Å²) in [5.41, 5.74) is 1.84. The van der Waals surface area contributed by atoms with Gasteiger partial charge < -0.3 is 18.9 Å². The van der Waals surface area contributed by atoms with Gasteiger partial charge in [0, 0.05) is 29.2 Å². The Labute approximate surface area is 221 Å². The maximum atomic E-state index is 5.91. The summed E-state index contributed by atoms with van der Waals surface area (Å²) in [6.07, 6.45) is 3.55. The lowest BCUT2D eigenvalue weighted by Gasteiger charge is -2.09. The van der Waals surface area contributed by atoms with Crippen LogP contribution in [0, 0.1) is 0 Å². The predicted octanol–water partition coefficient (Wildman–Crippen LogP) is 8.07. The molecular formula is C32H26N2O4. The minimum absolute atomic E-state index is 0.746. The van der Waals surface area contributed by atoms with Gasteiger partial charge in [-0.2, -0.15) is 0 Å². The van der Waals surface area contributed by atoms with Gasteiger partial charge in [-0.25, -0.2) is 0 Å². The van der Waals surface area contributed by atoms with Gasteiger partial charge in [0.25, 0.3) is 0 Å². The molecule has 38 heavy (non-hydrogen) atoms. The number of ether oxygens (including phenoxy) is 4. The number of pyridine rings is 2. The van der Waals surface area contributed by atoms with Crippen LogP contribution in [-0.4, -0.2) is 24.2 Å². The Bertz CT molecular complexity index is 1640. The van der Waals surface area contributed by atoms with Gasteiger partial charge in [-0.15, -0.1) is 0 Å². The molecule has 2 heterocycles. The van der Waals surface area contributed by atoms with Gasteiger partial charge in [0.05, 0.1) is 25.3 Å². The fraction of sp³-hybridized carbons (Fsp3) is 0.0625. The highest BCUT2D eigenvalue weighted by Crippen LogP contribution is 2.31. The molecule has 188 valence electrons.